The fraction of sp³-hybridized carbons (Fsp3) is 0.0588. The van der Waals surface area contributed by atoms with Gasteiger partial charge in [0.25, 0.3) is 0 Å². The highest BCUT2D eigenvalue weighted by Gasteiger charge is 1.95. The van der Waals surface area contributed by atoms with Crippen molar-refractivity contribution in [2.24, 2.45) is 0 Å². The molecule has 0 fully saturated rings. The maximum absolute atomic E-state index is 5.85. The van der Waals surface area contributed by atoms with Gasteiger partial charge in [0.15, 0.2) is 0 Å². The quantitative estimate of drug-likeness (QED) is 0.580. The molecule has 1 nitrogen and oxygen atoms in total. The highest BCUT2D eigenvalue weighted by atomic mass is 35.5. The predicted molar refractivity (Wildman–Crippen MR) is 89.8 cm³/mol. The van der Waals surface area contributed by atoms with Gasteiger partial charge >= 0.3 is 0 Å². The average Bonchev–Trinajstić information content (AvgIpc) is 2.46. The number of aryl methyl sites for hydroxylation is 1. The lowest BCUT2D eigenvalue weighted by Crippen LogP contribution is -1.98. The van der Waals surface area contributed by atoms with E-state index in [0.29, 0.717) is 0 Å². The van der Waals surface area contributed by atoms with Crippen molar-refractivity contribution in [3.05, 3.63) is 83.0 Å². The Morgan fingerprint density at radius 2 is 1.85 bits per heavy atom. The Balaban J connectivity index is 1.90. The van der Waals surface area contributed by atoms with Gasteiger partial charge < -0.3 is 4.72 Å². The van der Waals surface area contributed by atoms with Gasteiger partial charge in [-0.15, -0.1) is 0 Å². The van der Waals surface area contributed by atoms with Crippen molar-refractivity contribution in [1.29, 1.82) is 0 Å². The van der Waals surface area contributed by atoms with Crippen LogP contribution < -0.4 is 4.72 Å². The highest BCUT2D eigenvalue weighted by molar-refractivity contribution is 7.97. The van der Waals surface area contributed by atoms with Gasteiger partial charge in [-0.05, 0) is 60.3 Å². The minimum Gasteiger partial charge on any atom is -0.326 e. The standard InChI is InChI=1S/C17H16ClNS/c1-13-5-3-4-6-15(13)8-7-14(2)19-20-17-11-9-16(18)10-12-17/h3-12,19H,2H2,1H3/b8-7-. The van der Waals surface area contributed by atoms with Crippen LogP contribution in [0.5, 0.6) is 0 Å². The van der Waals surface area contributed by atoms with E-state index in [1.54, 1.807) is 0 Å². The van der Waals surface area contributed by atoms with E-state index in [0.717, 1.165) is 15.6 Å². The molecule has 0 heterocycles. The summed E-state index contributed by atoms with van der Waals surface area (Å²) < 4.78 is 3.20. The third kappa shape index (κ3) is 4.48. The van der Waals surface area contributed by atoms with Crippen LogP contribution in [0, 0.1) is 6.92 Å². The van der Waals surface area contributed by atoms with Gasteiger partial charge in [-0.1, -0.05) is 48.5 Å². The van der Waals surface area contributed by atoms with Gasteiger partial charge in [0, 0.05) is 15.6 Å². The summed E-state index contributed by atoms with van der Waals surface area (Å²) in [5.41, 5.74) is 3.31. The molecule has 2 rings (SSSR count). The molecule has 0 saturated heterocycles. The van der Waals surface area contributed by atoms with Gasteiger partial charge in [0.2, 0.25) is 0 Å². The summed E-state index contributed by atoms with van der Waals surface area (Å²) >= 11 is 7.37. The first-order chi connectivity index (χ1) is 9.65. The van der Waals surface area contributed by atoms with E-state index in [-0.39, 0.29) is 0 Å². The summed E-state index contributed by atoms with van der Waals surface area (Å²) in [4.78, 5) is 1.10. The normalized spacial score (nSPS) is 10.7. The van der Waals surface area contributed by atoms with Crippen molar-refractivity contribution in [2.75, 3.05) is 0 Å². The third-order valence-corrected chi connectivity index (χ3v) is 3.89. The van der Waals surface area contributed by atoms with Crippen molar-refractivity contribution in [3.63, 3.8) is 0 Å². The second kappa shape index (κ2) is 7.22. The van der Waals surface area contributed by atoms with Crippen molar-refractivity contribution in [3.8, 4) is 0 Å². The molecule has 0 radical (unpaired) electrons. The molecule has 3 heteroatoms. The van der Waals surface area contributed by atoms with Crippen LogP contribution >= 0.6 is 23.5 Å². The molecule has 0 unspecified atom stereocenters. The summed E-state index contributed by atoms with van der Waals surface area (Å²) in [5, 5.41) is 0.743. The largest absolute Gasteiger partial charge is 0.326 e. The molecule has 0 atom stereocenters. The number of hydrogen-bond acceptors (Lipinski definition) is 2. The van der Waals surface area contributed by atoms with Crippen molar-refractivity contribution < 1.29 is 0 Å². The SMILES string of the molecule is C=C(/C=C\c1ccccc1C)NSc1ccc(Cl)cc1. The molecule has 0 bridgehead atoms. The second-order valence-corrected chi connectivity index (χ2v) is 5.69. The molecule has 102 valence electrons. The minimum absolute atomic E-state index is 0.743. The molecule has 0 aromatic heterocycles. The molecular weight excluding hydrogens is 286 g/mol. The topological polar surface area (TPSA) is 12.0 Å². The van der Waals surface area contributed by atoms with Gasteiger partial charge in [0.1, 0.15) is 0 Å². The Morgan fingerprint density at radius 1 is 1.15 bits per heavy atom. The van der Waals surface area contributed by atoms with Gasteiger partial charge in [-0.25, -0.2) is 0 Å². The number of hydrogen-bond donors (Lipinski definition) is 1. The lowest BCUT2D eigenvalue weighted by atomic mass is 10.1. The zero-order valence-corrected chi connectivity index (χ0v) is 12.8. The summed E-state index contributed by atoms with van der Waals surface area (Å²) in [6, 6.07) is 15.9. The minimum atomic E-state index is 0.743. The predicted octanol–water partition coefficient (Wildman–Crippen LogP) is 5.47. The summed E-state index contributed by atoms with van der Waals surface area (Å²) in [5.74, 6) is 0. The van der Waals surface area contributed by atoms with E-state index in [1.165, 1.54) is 23.1 Å². The summed E-state index contributed by atoms with van der Waals surface area (Å²) in [6.45, 7) is 6.08. The zero-order chi connectivity index (χ0) is 14.4. The molecule has 0 aliphatic carbocycles. The molecule has 20 heavy (non-hydrogen) atoms. The number of nitrogens with one attached hydrogen (secondary N) is 1. The molecule has 0 saturated carbocycles. The van der Waals surface area contributed by atoms with Crippen molar-refractivity contribution in [2.45, 2.75) is 11.8 Å². The Hall–Kier alpha value is -1.64. The lowest BCUT2D eigenvalue weighted by Gasteiger charge is -2.05. The fourth-order valence-electron chi connectivity index (χ4n) is 1.63. The maximum atomic E-state index is 5.85. The lowest BCUT2D eigenvalue weighted by molar-refractivity contribution is 1.29. The van der Waals surface area contributed by atoms with E-state index in [2.05, 4.69) is 36.4 Å². The Morgan fingerprint density at radius 3 is 2.55 bits per heavy atom. The van der Waals surface area contributed by atoms with E-state index in [9.17, 15) is 0 Å². The average molecular weight is 302 g/mol. The number of halogens is 1. The van der Waals surface area contributed by atoms with Crippen LogP contribution in [0.3, 0.4) is 0 Å². The number of benzene rings is 2. The molecule has 0 aliphatic rings. The van der Waals surface area contributed by atoms with Crippen LogP contribution in [0.4, 0.5) is 0 Å². The van der Waals surface area contributed by atoms with Gasteiger partial charge in [-0.2, -0.15) is 0 Å². The van der Waals surface area contributed by atoms with Crippen LogP contribution in [0.15, 0.2) is 71.8 Å². The van der Waals surface area contributed by atoms with E-state index >= 15 is 0 Å². The van der Waals surface area contributed by atoms with Gasteiger partial charge in [-0.3, -0.25) is 0 Å². The molecule has 0 aliphatic heterocycles. The van der Waals surface area contributed by atoms with E-state index in [4.69, 9.17) is 11.6 Å². The van der Waals surface area contributed by atoms with Crippen LogP contribution in [-0.2, 0) is 0 Å². The highest BCUT2D eigenvalue weighted by Crippen LogP contribution is 2.19. The van der Waals surface area contributed by atoms with E-state index < -0.39 is 0 Å². The van der Waals surface area contributed by atoms with Crippen molar-refractivity contribution >= 4 is 29.6 Å². The van der Waals surface area contributed by atoms with Crippen molar-refractivity contribution in [1.82, 2.24) is 4.72 Å². The number of rotatable bonds is 5. The smallest absolute Gasteiger partial charge is 0.0406 e. The summed E-state index contributed by atoms with van der Waals surface area (Å²) in [6.07, 6.45) is 4.04. The summed E-state index contributed by atoms with van der Waals surface area (Å²) in [7, 11) is 0. The van der Waals surface area contributed by atoms with E-state index in [1.807, 2.05) is 42.5 Å². The first-order valence-electron chi connectivity index (χ1n) is 6.26. The molecular formula is C17H16ClNS. The third-order valence-electron chi connectivity index (χ3n) is 2.77. The fourth-order valence-corrected chi connectivity index (χ4v) is 2.34. The Bertz CT molecular complexity index is 617. The molecule has 2 aromatic carbocycles. The Labute approximate surface area is 129 Å². The van der Waals surface area contributed by atoms with Crippen LogP contribution in [0.25, 0.3) is 6.08 Å². The maximum Gasteiger partial charge on any atom is 0.0406 e. The van der Waals surface area contributed by atoms with Crippen LogP contribution in [-0.4, -0.2) is 0 Å². The molecule has 0 spiro atoms. The van der Waals surface area contributed by atoms with Gasteiger partial charge in [0.05, 0.1) is 0 Å². The second-order valence-electron chi connectivity index (χ2n) is 4.37. The zero-order valence-electron chi connectivity index (χ0n) is 11.3. The molecule has 0 amide bonds. The number of allylic oxidation sites excluding steroid dienone is 1. The Kier molecular flexibility index (Phi) is 5.33. The first kappa shape index (κ1) is 14.8. The molecule has 1 N–H and O–H groups in total. The molecule has 2 aromatic rings. The monoisotopic (exact) mass is 301 g/mol. The van der Waals surface area contributed by atoms with Crippen LogP contribution in [0.1, 0.15) is 11.1 Å². The first-order valence-corrected chi connectivity index (χ1v) is 7.45. The van der Waals surface area contributed by atoms with Crippen LogP contribution in [0.2, 0.25) is 5.02 Å².